The molecule has 1 aliphatic rings. The molecule has 0 fully saturated rings. The lowest BCUT2D eigenvalue weighted by Crippen LogP contribution is -2.25. The van der Waals surface area contributed by atoms with E-state index in [1.165, 1.54) is 11.8 Å². The summed E-state index contributed by atoms with van der Waals surface area (Å²) >= 11 is 1.45. The maximum Gasteiger partial charge on any atom is 0.252 e. The summed E-state index contributed by atoms with van der Waals surface area (Å²) in [5.41, 5.74) is 8.72. The summed E-state index contributed by atoms with van der Waals surface area (Å²) in [6, 6.07) is 19.5. The number of hydrogen-bond donors (Lipinski definition) is 2. The van der Waals surface area contributed by atoms with E-state index in [2.05, 4.69) is 25.4 Å². The Morgan fingerprint density at radius 2 is 1.81 bits per heavy atom. The van der Waals surface area contributed by atoms with E-state index in [0.717, 1.165) is 23.4 Å². The molecule has 0 saturated heterocycles. The van der Waals surface area contributed by atoms with Gasteiger partial charge in [0.25, 0.3) is 5.91 Å². The zero-order valence-corrected chi connectivity index (χ0v) is 17.9. The minimum Gasteiger partial charge on any atom is -0.368 e. The lowest BCUT2D eigenvalue weighted by atomic mass is 10.1. The van der Waals surface area contributed by atoms with Gasteiger partial charge in [0.05, 0.1) is 23.3 Å². The number of nitrogens with one attached hydrogen (secondary N) is 1. The Morgan fingerprint density at radius 1 is 1.10 bits per heavy atom. The number of hydrogen-bond acceptors (Lipinski definition) is 8. The number of amides is 1. The largest absolute Gasteiger partial charge is 0.368 e. The van der Waals surface area contributed by atoms with Crippen LogP contribution in [0.1, 0.15) is 30.0 Å². The molecule has 0 saturated carbocycles. The van der Waals surface area contributed by atoms with Gasteiger partial charge in [-0.05, 0) is 24.6 Å². The highest BCUT2D eigenvalue weighted by Crippen LogP contribution is 2.27. The van der Waals surface area contributed by atoms with Crippen LogP contribution in [0.15, 0.2) is 65.8 Å². The predicted molar refractivity (Wildman–Crippen MR) is 124 cm³/mol. The Morgan fingerprint density at radius 3 is 2.55 bits per heavy atom. The van der Waals surface area contributed by atoms with Crippen LogP contribution in [0.3, 0.4) is 0 Å². The zero-order valence-electron chi connectivity index (χ0n) is 17.1. The van der Waals surface area contributed by atoms with Crippen LogP contribution in [0, 0.1) is 0 Å². The summed E-state index contributed by atoms with van der Waals surface area (Å²) in [5, 5.41) is 9.04. The molecule has 8 nitrogen and oxygen atoms in total. The number of nitrogens with zero attached hydrogens (tertiary/aromatic N) is 5. The molecule has 1 aliphatic heterocycles. The molecule has 1 atom stereocenters. The second-order valence-corrected chi connectivity index (χ2v) is 8.33. The average molecular weight is 434 g/mol. The molecule has 0 aliphatic carbocycles. The quantitative estimate of drug-likeness (QED) is 0.585. The first-order valence-corrected chi connectivity index (χ1v) is 11.0. The van der Waals surface area contributed by atoms with Gasteiger partial charge in [-0.2, -0.15) is 20.1 Å². The molecule has 158 valence electrons. The smallest absolute Gasteiger partial charge is 0.252 e. The van der Waals surface area contributed by atoms with Crippen molar-refractivity contribution in [3.05, 3.63) is 72.1 Å². The molecular weight excluding hydrogens is 410 g/mol. The normalized spacial score (nSPS) is 14.2. The van der Waals surface area contributed by atoms with Gasteiger partial charge in [0.2, 0.25) is 11.9 Å². The fourth-order valence-corrected chi connectivity index (χ4v) is 3.91. The fourth-order valence-electron chi connectivity index (χ4n) is 3.11. The Labute approximate surface area is 185 Å². The van der Waals surface area contributed by atoms with Crippen molar-refractivity contribution in [3.63, 3.8) is 0 Å². The minimum absolute atomic E-state index is 0.0348. The molecule has 4 rings (SSSR count). The van der Waals surface area contributed by atoms with E-state index in [4.69, 9.17) is 5.73 Å². The number of thioether (sulfide) groups is 1. The van der Waals surface area contributed by atoms with Crippen LogP contribution in [0.25, 0.3) is 0 Å². The summed E-state index contributed by atoms with van der Waals surface area (Å²) in [7, 11) is 0. The van der Waals surface area contributed by atoms with Crippen LogP contribution < -0.4 is 11.1 Å². The second kappa shape index (κ2) is 9.57. The van der Waals surface area contributed by atoms with Crippen LogP contribution in [-0.4, -0.2) is 43.9 Å². The first kappa shape index (κ1) is 20.8. The van der Waals surface area contributed by atoms with Crippen LogP contribution in [-0.2, 0) is 4.79 Å². The maximum atomic E-state index is 12.6. The number of carbonyl (C=O) groups excluding carboxylic acids is 1. The van der Waals surface area contributed by atoms with E-state index < -0.39 is 0 Å². The van der Waals surface area contributed by atoms with Gasteiger partial charge in [-0.1, -0.05) is 48.5 Å². The van der Waals surface area contributed by atoms with Crippen molar-refractivity contribution in [2.75, 3.05) is 23.3 Å². The van der Waals surface area contributed by atoms with Crippen molar-refractivity contribution in [1.29, 1.82) is 0 Å². The molecule has 3 aromatic rings. The highest BCUT2D eigenvalue weighted by atomic mass is 32.2. The molecular formula is C22H23N7OS. The molecule has 1 amide bonds. The van der Waals surface area contributed by atoms with Gasteiger partial charge in [0, 0.05) is 12.1 Å². The molecule has 0 spiro atoms. The number of para-hydroxylation sites is 1. The molecule has 1 aromatic heterocycles. The average Bonchev–Trinajstić information content (AvgIpc) is 3.29. The van der Waals surface area contributed by atoms with Crippen LogP contribution >= 0.6 is 11.8 Å². The number of aromatic nitrogens is 3. The topological polar surface area (TPSA) is 109 Å². The monoisotopic (exact) mass is 433 g/mol. The van der Waals surface area contributed by atoms with Crippen LogP contribution in [0.2, 0.25) is 0 Å². The number of benzene rings is 2. The highest BCUT2D eigenvalue weighted by Gasteiger charge is 2.23. The van der Waals surface area contributed by atoms with Crippen LogP contribution in [0.4, 0.5) is 17.6 Å². The predicted octanol–water partition coefficient (Wildman–Crippen LogP) is 3.63. The van der Waals surface area contributed by atoms with Gasteiger partial charge < -0.3 is 11.1 Å². The molecule has 0 radical (unpaired) electrons. The van der Waals surface area contributed by atoms with Crippen molar-refractivity contribution >= 4 is 41.0 Å². The molecule has 2 heterocycles. The number of nitrogens with two attached hydrogens (primary N) is 1. The van der Waals surface area contributed by atoms with Gasteiger partial charge in [0.1, 0.15) is 5.82 Å². The van der Waals surface area contributed by atoms with Crippen LogP contribution in [0.5, 0.6) is 0 Å². The number of nitrogen functional groups attached to an aromatic ring is 1. The van der Waals surface area contributed by atoms with Crippen molar-refractivity contribution in [2.45, 2.75) is 18.6 Å². The summed E-state index contributed by atoms with van der Waals surface area (Å²) in [4.78, 5) is 25.5. The van der Waals surface area contributed by atoms with E-state index in [9.17, 15) is 4.79 Å². The number of carbonyl (C=O) groups is 1. The van der Waals surface area contributed by atoms with E-state index in [0.29, 0.717) is 18.3 Å². The standard InChI is InChI=1S/C22H23N7OS/c1-15(20-25-21(23)27-22(26-20)24-17-10-6-3-7-11-17)31-14-19(30)29-13-12-18(28-29)16-8-4-2-5-9-16/h2-11,15H,12-14H2,1H3,(H3,23,24,25,26,27)/t15-/m0/s1. The maximum absolute atomic E-state index is 12.6. The van der Waals surface area contributed by atoms with E-state index >= 15 is 0 Å². The fraction of sp³-hybridized carbons (Fsp3) is 0.227. The van der Waals surface area contributed by atoms with E-state index in [1.54, 1.807) is 5.01 Å². The third-order valence-electron chi connectivity index (χ3n) is 4.72. The number of hydrazone groups is 1. The van der Waals surface area contributed by atoms with Gasteiger partial charge in [-0.15, -0.1) is 11.8 Å². The molecule has 9 heteroatoms. The SMILES string of the molecule is C[C@H](SCC(=O)N1CCC(c2ccccc2)=N1)c1nc(N)nc(Nc2ccccc2)n1. The third kappa shape index (κ3) is 5.37. The van der Waals surface area contributed by atoms with Crippen molar-refractivity contribution in [1.82, 2.24) is 20.0 Å². The summed E-state index contributed by atoms with van der Waals surface area (Å²) in [5.74, 6) is 1.29. The Balaban J connectivity index is 1.37. The van der Waals surface area contributed by atoms with Gasteiger partial charge in [-0.3, -0.25) is 4.79 Å². The van der Waals surface area contributed by atoms with Crippen molar-refractivity contribution in [2.24, 2.45) is 5.10 Å². The Bertz CT molecular complexity index is 1080. The third-order valence-corrected chi connectivity index (χ3v) is 5.84. The molecule has 0 unspecified atom stereocenters. The highest BCUT2D eigenvalue weighted by molar-refractivity contribution is 8.00. The zero-order chi connectivity index (χ0) is 21.6. The second-order valence-electron chi connectivity index (χ2n) is 7.00. The van der Waals surface area contributed by atoms with Crippen molar-refractivity contribution < 1.29 is 4.79 Å². The minimum atomic E-state index is -0.134. The Kier molecular flexibility index (Phi) is 6.42. The summed E-state index contributed by atoms with van der Waals surface area (Å²) in [6.07, 6.45) is 0.758. The van der Waals surface area contributed by atoms with Gasteiger partial charge in [0.15, 0.2) is 0 Å². The lowest BCUT2D eigenvalue weighted by Gasteiger charge is -2.14. The lowest BCUT2D eigenvalue weighted by molar-refractivity contribution is -0.127. The number of anilines is 3. The molecule has 2 aromatic carbocycles. The first-order chi connectivity index (χ1) is 15.1. The van der Waals surface area contributed by atoms with E-state index in [1.807, 2.05) is 67.6 Å². The first-order valence-electron chi connectivity index (χ1n) is 9.97. The molecule has 0 bridgehead atoms. The number of rotatable bonds is 7. The molecule has 31 heavy (non-hydrogen) atoms. The summed E-state index contributed by atoms with van der Waals surface area (Å²) in [6.45, 7) is 2.55. The van der Waals surface area contributed by atoms with E-state index in [-0.39, 0.29) is 22.9 Å². The summed E-state index contributed by atoms with van der Waals surface area (Å²) < 4.78 is 0. The van der Waals surface area contributed by atoms with Crippen molar-refractivity contribution in [3.8, 4) is 0 Å². The molecule has 3 N–H and O–H groups in total. The van der Waals surface area contributed by atoms with Gasteiger partial charge >= 0.3 is 0 Å². The van der Waals surface area contributed by atoms with Gasteiger partial charge in [-0.25, -0.2) is 5.01 Å². The Hall–Kier alpha value is -3.46.